The molecule has 0 aliphatic carbocycles. The van der Waals surface area contributed by atoms with E-state index in [1.807, 2.05) is 46.2 Å². The smallest absolute Gasteiger partial charge is 0.317 e. The number of nitrogens with one attached hydrogen (secondary N) is 3. The van der Waals surface area contributed by atoms with Gasteiger partial charge in [0, 0.05) is 94.8 Å². The Balaban J connectivity index is 0.836. The van der Waals surface area contributed by atoms with Gasteiger partial charge in [-0.3, -0.25) is 14.4 Å². The molecule has 3 N–H and O–H groups in total. The van der Waals surface area contributed by atoms with E-state index in [9.17, 15) is 24.0 Å². The molecule has 5 rings (SSSR count). The van der Waals surface area contributed by atoms with Crippen LogP contribution in [0.25, 0.3) is 11.6 Å². The van der Waals surface area contributed by atoms with Crippen LogP contribution < -0.4 is 20.9 Å². The third kappa shape index (κ3) is 20.7. The Labute approximate surface area is 417 Å². The first-order valence-corrected chi connectivity index (χ1v) is 28.4. The number of carbonyl (C=O) groups excluding carboxylic acids is 5. The van der Waals surface area contributed by atoms with Crippen LogP contribution in [0.1, 0.15) is 42.9 Å². The number of urea groups is 2. The molecule has 21 heteroatoms. The fourth-order valence-corrected chi connectivity index (χ4v) is 11.3. The molecule has 3 aliphatic heterocycles. The lowest BCUT2D eigenvalue weighted by atomic mass is 9.95. The molecule has 2 saturated heterocycles. The Morgan fingerprint density at radius 1 is 0.574 bits per heavy atom. The molecule has 68 heavy (non-hydrogen) atoms. The monoisotopic (exact) mass is 1020 g/mol. The van der Waals surface area contributed by atoms with Gasteiger partial charge in [-0.25, -0.2) is 9.59 Å². The first-order valence-electron chi connectivity index (χ1n) is 23.4. The zero-order chi connectivity index (χ0) is 48.0. The number of nitrogens with zero attached hydrogens (tertiary/aromatic N) is 4. The molecular weight excluding hydrogens is 951 g/mol. The molecule has 0 radical (unpaired) electrons. The number of hydrogen-bond donors (Lipinski definition) is 3. The number of para-hydroxylation sites is 1. The summed E-state index contributed by atoms with van der Waals surface area (Å²) in [6, 6.07) is 15.8. The Bertz CT molecular complexity index is 1850. The summed E-state index contributed by atoms with van der Waals surface area (Å²) in [5, 5.41) is 8.75. The SMILES string of the molecule is CC1=Cc2ccccc2N(C(=O)CCNC(=O)CCOCCOCCOCCOCCOCCC(=O)N(CCNC(=O)N2CCSSCC2)CCNC(=O)N2CCSSCC2)Cc2ccccc21. The van der Waals surface area contributed by atoms with Gasteiger partial charge in [-0.2, -0.15) is 0 Å². The maximum Gasteiger partial charge on any atom is 0.317 e. The Morgan fingerprint density at radius 3 is 1.62 bits per heavy atom. The number of benzene rings is 2. The summed E-state index contributed by atoms with van der Waals surface area (Å²) in [5.41, 5.74) is 5.20. The molecule has 0 saturated carbocycles. The highest BCUT2D eigenvalue weighted by Gasteiger charge is 2.23. The minimum Gasteiger partial charge on any atom is -0.379 e. The van der Waals surface area contributed by atoms with Crippen molar-refractivity contribution in [2.45, 2.75) is 32.7 Å². The fourth-order valence-electron chi connectivity index (χ4n) is 7.32. The summed E-state index contributed by atoms with van der Waals surface area (Å²) in [4.78, 5) is 71.7. The summed E-state index contributed by atoms with van der Waals surface area (Å²) in [5.74, 6) is 3.19. The fraction of sp³-hybridized carbons (Fsp3) is 0.596. The summed E-state index contributed by atoms with van der Waals surface area (Å²) >= 11 is 0. The Morgan fingerprint density at radius 2 is 1.06 bits per heavy atom. The van der Waals surface area contributed by atoms with E-state index >= 15 is 0 Å². The first kappa shape index (κ1) is 55.3. The third-order valence-electron chi connectivity index (χ3n) is 10.9. The highest BCUT2D eigenvalue weighted by Crippen LogP contribution is 2.32. The summed E-state index contributed by atoms with van der Waals surface area (Å²) in [6.45, 7) is 10.3. The topological polar surface area (TPSA) is 181 Å². The summed E-state index contributed by atoms with van der Waals surface area (Å²) in [7, 11) is 7.09. The van der Waals surface area contributed by atoms with E-state index in [4.69, 9.17) is 23.7 Å². The molecule has 17 nitrogen and oxygen atoms in total. The van der Waals surface area contributed by atoms with Crippen LogP contribution in [0.4, 0.5) is 15.3 Å². The predicted molar refractivity (Wildman–Crippen MR) is 275 cm³/mol. The van der Waals surface area contributed by atoms with E-state index in [2.05, 4.69) is 41.1 Å². The molecule has 0 unspecified atom stereocenters. The molecule has 0 spiro atoms. The van der Waals surface area contributed by atoms with Crippen molar-refractivity contribution in [1.29, 1.82) is 0 Å². The minimum absolute atomic E-state index is 0.0580. The van der Waals surface area contributed by atoms with Crippen LogP contribution in [0.5, 0.6) is 0 Å². The largest absolute Gasteiger partial charge is 0.379 e. The van der Waals surface area contributed by atoms with Gasteiger partial charge in [0.2, 0.25) is 17.7 Å². The van der Waals surface area contributed by atoms with Gasteiger partial charge in [0.05, 0.1) is 84.7 Å². The van der Waals surface area contributed by atoms with Crippen LogP contribution in [0.3, 0.4) is 0 Å². The van der Waals surface area contributed by atoms with Crippen LogP contribution in [-0.2, 0) is 44.6 Å². The molecule has 0 bridgehead atoms. The van der Waals surface area contributed by atoms with Crippen LogP contribution in [0.15, 0.2) is 48.5 Å². The molecule has 3 heterocycles. The lowest BCUT2D eigenvalue weighted by molar-refractivity contribution is -0.132. The highest BCUT2D eigenvalue weighted by atomic mass is 33.1. The van der Waals surface area contributed by atoms with E-state index in [1.165, 1.54) is 0 Å². The number of ether oxygens (including phenoxy) is 5. The Kier molecular flexibility index (Phi) is 26.8. The second-order valence-electron chi connectivity index (χ2n) is 15.8. The lowest BCUT2D eigenvalue weighted by Crippen LogP contribution is -2.48. The number of amides is 7. The molecule has 3 aliphatic rings. The van der Waals surface area contributed by atoms with Gasteiger partial charge in [-0.15, -0.1) is 0 Å². The average molecular weight is 1020 g/mol. The van der Waals surface area contributed by atoms with Crippen molar-refractivity contribution < 1.29 is 47.7 Å². The molecule has 2 aromatic carbocycles. The minimum atomic E-state index is -0.177. The summed E-state index contributed by atoms with van der Waals surface area (Å²) < 4.78 is 27.9. The van der Waals surface area contributed by atoms with E-state index in [1.54, 1.807) is 53.0 Å². The van der Waals surface area contributed by atoms with Crippen LogP contribution in [0, 0.1) is 0 Å². The maximum atomic E-state index is 13.5. The lowest BCUT2D eigenvalue weighted by Gasteiger charge is -2.28. The average Bonchev–Trinajstić information content (AvgIpc) is 3.80. The number of anilines is 1. The van der Waals surface area contributed by atoms with Crippen molar-refractivity contribution in [2.24, 2.45) is 0 Å². The highest BCUT2D eigenvalue weighted by molar-refractivity contribution is 8.77. The van der Waals surface area contributed by atoms with Crippen molar-refractivity contribution in [3.63, 3.8) is 0 Å². The third-order valence-corrected chi connectivity index (χ3v) is 15.7. The van der Waals surface area contributed by atoms with Crippen LogP contribution in [-0.4, -0.2) is 192 Å². The normalized spacial score (nSPS) is 15.1. The van der Waals surface area contributed by atoms with Gasteiger partial charge in [-0.05, 0) is 41.3 Å². The number of rotatable bonds is 27. The number of carbonyl (C=O) groups is 5. The number of hydrogen-bond acceptors (Lipinski definition) is 14. The van der Waals surface area contributed by atoms with E-state index in [0.717, 1.165) is 51.0 Å². The zero-order valence-electron chi connectivity index (χ0n) is 39.3. The van der Waals surface area contributed by atoms with Crippen molar-refractivity contribution in [3.05, 3.63) is 65.2 Å². The van der Waals surface area contributed by atoms with Crippen molar-refractivity contribution in [2.75, 3.05) is 153 Å². The number of fused-ring (bicyclic) bond motifs is 2. The van der Waals surface area contributed by atoms with Crippen molar-refractivity contribution in [1.82, 2.24) is 30.7 Å². The Hall–Kier alpha value is -3.67. The predicted octanol–water partition coefficient (Wildman–Crippen LogP) is 5.11. The summed E-state index contributed by atoms with van der Waals surface area (Å²) in [6.07, 6.45) is 2.64. The molecule has 7 amide bonds. The number of allylic oxidation sites excluding steroid dienone is 1. The van der Waals surface area contributed by atoms with Gasteiger partial charge in [0.15, 0.2) is 0 Å². The zero-order valence-corrected chi connectivity index (χ0v) is 42.6. The molecule has 0 atom stereocenters. The molecule has 376 valence electrons. The van der Waals surface area contributed by atoms with Gasteiger partial charge in [-0.1, -0.05) is 85.6 Å². The molecule has 2 fully saturated rings. The van der Waals surface area contributed by atoms with Crippen molar-refractivity contribution in [3.8, 4) is 0 Å². The molecular formula is C47H69N7O10S4. The van der Waals surface area contributed by atoms with E-state index in [-0.39, 0.29) is 68.8 Å². The van der Waals surface area contributed by atoms with E-state index in [0.29, 0.717) is 112 Å². The van der Waals surface area contributed by atoms with Crippen LogP contribution >= 0.6 is 43.2 Å². The second kappa shape index (κ2) is 33.0. The maximum absolute atomic E-state index is 13.5. The quantitative estimate of drug-likeness (QED) is 0.0795. The van der Waals surface area contributed by atoms with Gasteiger partial charge >= 0.3 is 12.1 Å². The van der Waals surface area contributed by atoms with E-state index < -0.39 is 0 Å². The van der Waals surface area contributed by atoms with Gasteiger partial charge < -0.3 is 59.2 Å². The first-order chi connectivity index (χ1) is 33.3. The molecule has 2 aromatic rings. The van der Waals surface area contributed by atoms with Crippen molar-refractivity contribution >= 4 is 90.3 Å². The van der Waals surface area contributed by atoms with Crippen LogP contribution in [0.2, 0.25) is 0 Å². The van der Waals surface area contributed by atoms with Gasteiger partial charge in [0.25, 0.3) is 0 Å². The standard InChI is InChI=1S/C47H69N7O10S4/c1-38-36-39-6-3-5-9-42(39)54(37-40-7-2-4-8-41(38)40)45(57)10-13-48-43(55)11-22-60-24-26-62-28-30-64-31-29-63-27-25-61-23-12-44(56)51(16-14-49-46(58)52-18-32-65-66-33-19-52)17-15-50-47(59)53-20-34-67-68-35-21-53/h2-9,36H,10-35,37H2,1H3,(H,48,55)(H,49,58)(H,50,59). The second-order valence-corrected chi connectivity index (χ2v) is 21.2. The molecule has 0 aromatic heterocycles. The van der Waals surface area contributed by atoms with Gasteiger partial charge in [0.1, 0.15) is 0 Å².